The highest BCUT2D eigenvalue weighted by atomic mass is 35.5. The lowest BCUT2D eigenvalue weighted by Crippen LogP contribution is -2.71. The predicted molar refractivity (Wildman–Crippen MR) is 158 cm³/mol. The first-order chi connectivity index (χ1) is 20.7. The Morgan fingerprint density at radius 3 is 2.53 bits per heavy atom. The first-order valence-corrected chi connectivity index (χ1v) is 15.4. The summed E-state index contributed by atoms with van der Waals surface area (Å²) in [7, 11) is 1.67. The number of tetrazole rings is 1. The molecule has 3 N–H and O–H groups in total. The average Bonchev–Trinajstić information content (AvgIpc) is 3.41. The van der Waals surface area contributed by atoms with Gasteiger partial charge in [-0.15, -0.1) is 16.9 Å². The molecule has 2 aliphatic heterocycles. The molecule has 3 aromatic rings. The summed E-state index contributed by atoms with van der Waals surface area (Å²) in [4.78, 5) is 52.9. The zero-order valence-electron chi connectivity index (χ0n) is 22.3. The summed E-state index contributed by atoms with van der Waals surface area (Å²) in [5.41, 5.74) is 0.880. The third-order valence-corrected chi connectivity index (χ3v) is 9.50. The number of hydrogen-bond acceptors (Lipinski definition) is 10. The molecule has 1 unspecified atom stereocenters. The Hall–Kier alpha value is -3.79. The number of aryl methyl sites for hydroxylation is 1. The molecule has 43 heavy (non-hydrogen) atoms. The minimum Gasteiger partial charge on any atom is -0.481 e. The van der Waals surface area contributed by atoms with Crippen LogP contribution in [0.15, 0.2) is 65.0 Å². The van der Waals surface area contributed by atoms with Crippen LogP contribution in [0.4, 0.5) is 0 Å². The number of aromatic nitrogens is 4. The van der Waals surface area contributed by atoms with Crippen molar-refractivity contribution in [2.45, 2.75) is 22.6 Å². The number of carboxylic acids is 1. The van der Waals surface area contributed by atoms with Gasteiger partial charge in [0.1, 0.15) is 23.2 Å². The van der Waals surface area contributed by atoms with Crippen LogP contribution in [0.25, 0.3) is 0 Å². The van der Waals surface area contributed by atoms with E-state index in [2.05, 4.69) is 26.2 Å². The number of nitrogens with one attached hydrogen (secondary N) is 2. The maximum Gasteiger partial charge on any atom is 0.352 e. The van der Waals surface area contributed by atoms with Gasteiger partial charge in [-0.05, 0) is 33.7 Å². The van der Waals surface area contributed by atoms with E-state index in [1.807, 2.05) is 0 Å². The van der Waals surface area contributed by atoms with Crippen LogP contribution in [0.5, 0.6) is 5.75 Å². The fraction of sp³-hybridized carbons (Fsp3) is 0.269. The molecule has 1 saturated heterocycles. The molecule has 3 atom stereocenters. The fourth-order valence-electron chi connectivity index (χ4n) is 4.43. The number of amides is 3. The normalized spacial score (nSPS) is 18.4. The zero-order chi connectivity index (χ0) is 30.7. The summed E-state index contributed by atoms with van der Waals surface area (Å²) >= 11 is 14.8. The maximum atomic E-state index is 13.5. The number of para-hydroxylation sites is 1. The number of β-lactam (4-membered cyclic amide) rings is 1. The van der Waals surface area contributed by atoms with Gasteiger partial charge in [0.25, 0.3) is 11.8 Å². The molecule has 224 valence electrons. The van der Waals surface area contributed by atoms with E-state index in [1.54, 1.807) is 55.6 Å². The number of halogens is 2. The monoisotopic (exact) mass is 663 g/mol. The van der Waals surface area contributed by atoms with Crippen molar-refractivity contribution >= 4 is 70.4 Å². The van der Waals surface area contributed by atoms with E-state index < -0.39 is 47.8 Å². The molecular weight excluding hydrogens is 641 g/mol. The van der Waals surface area contributed by atoms with Gasteiger partial charge in [0.05, 0.1) is 10.0 Å². The highest BCUT2D eigenvalue weighted by Crippen LogP contribution is 2.41. The number of benzene rings is 2. The standard InChI is InChI=1S/C26H23Cl2N7O6S2/c1-34-26(31-32-33-34)43-12-14-11-42-24-19(23(38)35(24)20(14)25(39)40)30-22(37)18(13-6-3-2-4-7-13)29-17(36)10-41-21-15(27)8-5-9-16(21)28/h2-9,18-19,24H,10-12H2,1H3,(H,29,36)(H,30,37)(H,39,40)/t18-,19?,24-/m0/s1. The smallest absolute Gasteiger partial charge is 0.352 e. The van der Waals surface area contributed by atoms with Gasteiger partial charge in [0, 0.05) is 18.6 Å². The van der Waals surface area contributed by atoms with Gasteiger partial charge in [-0.2, -0.15) is 0 Å². The molecule has 1 fully saturated rings. The molecule has 5 rings (SSSR count). The van der Waals surface area contributed by atoms with E-state index in [-0.39, 0.29) is 27.2 Å². The maximum absolute atomic E-state index is 13.5. The van der Waals surface area contributed by atoms with Crippen molar-refractivity contribution in [2.75, 3.05) is 18.1 Å². The van der Waals surface area contributed by atoms with Crippen LogP contribution in [-0.2, 0) is 26.2 Å². The number of carbonyl (C=O) groups excluding carboxylic acids is 3. The number of aliphatic carboxylic acids is 1. The molecule has 1 aromatic heterocycles. The summed E-state index contributed by atoms with van der Waals surface area (Å²) in [6.07, 6.45) is 0. The van der Waals surface area contributed by atoms with Crippen LogP contribution >= 0.6 is 46.7 Å². The lowest BCUT2D eigenvalue weighted by atomic mass is 10.0. The van der Waals surface area contributed by atoms with E-state index in [1.165, 1.54) is 33.1 Å². The average molecular weight is 665 g/mol. The lowest BCUT2D eigenvalue weighted by Gasteiger charge is -2.49. The van der Waals surface area contributed by atoms with Crippen molar-refractivity contribution in [3.05, 3.63) is 75.4 Å². The second-order valence-corrected chi connectivity index (χ2v) is 12.1. The van der Waals surface area contributed by atoms with Gasteiger partial charge < -0.3 is 20.5 Å². The van der Waals surface area contributed by atoms with Crippen molar-refractivity contribution in [3.63, 3.8) is 0 Å². The number of fused-ring (bicyclic) bond motifs is 1. The molecule has 17 heteroatoms. The first-order valence-electron chi connectivity index (χ1n) is 12.6. The summed E-state index contributed by atoms with van der Waals surface area (Å²) in [5.74, 6) is -2.38. The molecule has 0 spiro atoms. The number of nitrogens with zero attached hydrogens (tertiary/aromatic N) is 5. The molecule has 2 aliphatic rings. The van der Waals surface area contributed by atoms with Crippen molar-refractivity contribution in [2.24, 2.45) is 7.05 Å². The Morgan fingerprint density at radius 2 is 1.88 bits per heavy atom. The zero-order valence-corrected chi connectivity index (χ0v) is 25.4. The minimum absolute atomic E-state index is 0.120. The predicted octanol–water partition coefficient (Wildman–Crippen LogP) is 2.28. The van der Waals surface area contributed by atoms with Crippen LogP contribution in [0.3, 0.4) is 0 Å². The molecule has 13 nitrogen and oxygen atoms in total. The Morgan fingerprint density at radius 1 is 1.16 bits per heavy atom. The fourth-order valence-corrected chi connectivity index (χ4v) is 7.27. The minimum atomic E-state index is -1.25. The van der Waals surface area contributed by atoms with E-state index in [0.717, 1.165) is 0 Å². The lowest BCUT2D eigenvalue weighted by molar-refractivity contribution is -0.151. The third kappa shape index (κ3) is 6.59. The quantitative estimate of drug-likeness (QED) is 0.203. The van der Waals surface area contributed by atoms with Gasteiger partial charge in [-0.1, -0.05) is 71.4 Å². The third-order valence-electron chi connectivity index (χ3n) is 6.47. The Bertz CT molecular complexity index is 1590. The first kappa shape index (κ1) is 30.7. The summed E-state index contributed by atoms with van der Waals surface area (Å²) in [6.45, 7) is -0.480. The summed E-state index contributed by atoms with van der Waals surface area (Å²) < 4.78 is 6.96. The summed E-state index contributed by atoms with van der Waals surface area (Å²) in [5, 5.41) is 26.8. The van der Waals surface area contributed by atoms with Gasteiger partial charge in [-0.25, -0.2) is 9.48 Å². The second kappa shape index (κ2) is 13.2. The van der Waals surface area contributed by atoms with Crippen molar-refractivity contribution < 1.29 is 29.0 Å². The summed E-state index contributed by atoms with van der Waals surface area (Å²) in [6, 6.07) is 11.1. The van der Waals surface area contributed by atoms with Crippen molar-refractivity contribution in [3.8, 4) is 5.75 Å². The topological polar surface area (TPSA) is 169 Å². The van der Waals surface area contributed by atoms with E-state index >= 15 is 0 Å². The molecule has 0 radical (unpaired) electrons. The molecule has 3 heterocycles. The SMILES string of the molecule is Cn1nnnc1SCC1=C(C(=O)O)N2C(=O)C(NC(=O)[C@@H](NC(=O)COc3c(Cl)cccc3Cl)c3ccccc3)[C@@H]2SC1. The molecule has 2 aromatic carbocycles. The number of carboxylic acid groups (broad SMARTS) is 1. The van der Waals surface area contributed by atoms with Crippen LogP contribution in [0, 0.1) is 0 Å². The largest absolute Gasteiger partial charge is 0.481 e. The number of carbonyl (C=O) groups is 4. The number of rotatable bonds is 11. The number of ether oxygens (including phenoxy) is 1. The second-order valence-electron chi connectivity index (χ2n) is 9.28. The van der Waals surface area contributed by atoms with Crippen LogP contribution in [0.1, 0.15) is 11.6 Å². The van der Waals surface area contributed by atoms with Crippen LogP contribution in [0.2, 0.25) is 10.0 Å². The number of hydrogen-bond donors (Lipinski definition) is 3. The van der Waals surface area contributed by atoms with E-state index in [9.17, 15) is 24.3 Å². The van der Waals surface area contributed by atoms with Crippen LogP contribution in [-0.4, -0.2) is 83.4 Å². The van der Waals surface area contributed by atoms with Gasteiger partial charge >= 0.3 is 5.97 Å². The van der Waals surface area contributed by atoms with E-state index in [0.29, 0.717) is 22.0 Å². The Labute approximate surface area is 263 Å². The van der Waals surface area contributed by atoms with E-state index in [4.69, 9.17) is 27.9 Å². The highest BCUT2D eigenvalue weighted by Gasteiger charge is 2.54. The Balaban J connectivity index is 1.27. The van der Waals surface area contributed by atoms with Gasteiger partial charge in [0.15, 0.2) is 12.4 Å². The highest BCUT2D eigenvalue weighted by molar-refractivity contribution is 8.01. The molecule has 0 saturated carbocycles. The Kier molecular flexibility index (Phi) is 9.44. The molecule has 3 amide bonds. The molecular formula is C26H23Cl2N7O6S2. The van der Waals surface area contributed by atoms with Crippen molar-refractivity contribution in [1.29, 1.82) is 0 Å². The van der Waals surface area contributed by atoms with Gasteiger partial charge in [-0.3, -0.25) is 19.3 Å². The number of thioether (sulfide) groups is 2. The molecule has 0 aliphatic carbocycles. The molecule has 0 bridgehead atoms. The van der Waals surface area contributed by atoms with Crippen molar-refractivity contribution in [1.82, 2.24) is 35.7 Å². The van der Waals surface area contributed by atoms with Crippen LogP contribution < -0.4 is 15.4 Å². The van der Waals surface area contributed by atoms with Gasteiger partial charge in [0.2, 0.25) is 11.1 Å².